The fourth-order valence-corrected chi connectivity index (χ4v) is 2.79. The van der Waals surface area contributed by atoms with Crippen LogP contribution >= 0.6 is 11.6 Å². The molecule has 1 aliphatic heterocycles. The van der Waals surface area contributed by atoms with E-state index in [4.69, 9.17) is 11.6 Å². The molecule has 0 aliphatic carbocycles. The highest BCUT2D eigenvalue weighted by atomic mass is 35.5. The number of hydrogen-bond donors (Lipinski definition) is 1. The van der Waals surface area contributed by atoms with Crippen LogP contribution in [0.25, 0.3) is 0 Å². The monoisotopic (exact) mass is 349 g/mol. The van der Waals surface area contributed by atoms with Crippen LogP contribution in [-0.4, -0.2) is 35.6 Å². The molecule has 0 saturated heterocycles. The second kappa shape index (κ2) is 6.60. The van der Waals surface area contributed by atoms with Crippen molar-refractivity contribution in [3.63, 3.8) is 0 Å². The third-order valence-electron chi connectivity index (χ3n) is 3.96. The molecule has 6 nitrogen and oxygen atoms in total. The van der Waals surface area contributed by atoms with Crippen LogP contribution in [0.4, 0.5) is 26.5 Å². The van der Waals surface area contributed by atoms with Crippen molar-refractivity contribution in [1.82, 2.24) is 9.97 Å². The molecule has 1 atom stereocenters. The Labute approximate surface area is 144 Å². The Morgan fingerprint density at radius 3 is 2.88 bits per heavy atom. The van der Waals surface area contributed by atoms with E-state index in [1.165, 1.54) is 12.1 Å². The number of amides is 2. The van der Waals surface area contributed by atoms with Crippen LogP contribution in [0.3, 0.4) is 0 Å². The van der Waals surface area contributed by atoms with Crippen LogP contribution in [0.15, 0.2) is 30.5 Å². The zero-order valence-electron chi connectivity index (χ0n) is 13.3. The van der Waals surface area contributed by atoms with E-state index >= 15 is 0 Å². The predicted octanol–water partition coefficient (Wildman–Crippen LogP) is 3.54. The Hall–Kier alpha value is -2.41. The summed E-state index contributed by atoms with van der Waals surface area (Å²) in [7, 11) is 1.95. The summed E-state index contributed by atoms with van der Waals surface area (Å²) in [6, 6.07) is 5.73. The normalized spacial score (nSPS) is 17.2. The molecule has 0 aromatic carbocycles. The largest absolute Gasteiger partial charge is 0.372 e. The van der Waals surface area contributed by atoms with Crippen molar-refractivity contribution >= 4 is 35.0 Å². The fraction of sp³-hybridized carbons (Fsp3) is 0.312. The van der Waals surface area contributed by atoms with Gasteiger partial charge in [0.05, 0.1) is 11.9 Å². The lowest BCUT2D eigenvalue weighted by atomic mass is 10.2. The summed E-state index contributed by atoms with van der Waals surface area (Å²) in [4.78, 5) is 24.6. The Balaban J connectivity index is 1.95. The van der Waals surface area contributed by atoms with Gasteiger partial charge in [-0.3, -0.25) is 10.2 Å². The number of carbonyl (C=O) groups is 1. The standard InChI is InChI=1S/C16H17ClFN5O/c1-10-7-8-22(2)12-4-5-13(17)20-15(12)23(10)16(24)21-14-6-3-11(18)9-19-14/h3-6,9-10H,7-8H2,1-2H3,(H,19,21,24)/t10-/m1/s1. The first-order valence-electron chi connectivity index (χ1n) is 7.55. The molecule has 126 valence electrons. The van der Waals surface area contributed by atoms with Gasteiger partial charge in [0.25, 0.3) is 0 Å². The number of rotatable bonds is 1. The predicted molar refractivity (Wildman–Crippen MR) is 92.3 cm³/mol. The van der Waals surface area contributed by atoms with Gasteiger partial charge in [-0.05, 0) is 37.6 Å². The maximum Gasteiger partial charge on any atom is 0.328 e. The lowest BCUT2D eigenvalue weighted by molar-refractivity contribution is 0.255. The number of halogens is 2. The molecule has 0 bridgehead atoms. The number of anilines is 3. The zero-order valence-corrected chi connectivity index (χ0v) is 14.1. The number of fused-ring (bicyclic) bond motifs is 1. The van der Waals surface area contributed by atoms with E-state index in [1.807, 2.05) is 24.9 Å². The van der Waals surface area contributed by atoms with Crippen molar-refractivity contribution in [2.24, 2.45) is 0 Å². The average Bonchev–Trinajstić information content (AvgIpc) is 2.66. The number of pyridine rings is 2. The van der Waals surface area contributed by atoms with Crippen molar-refractivity contribution in [1.29, 1.82) is 0 Å². The Morgan fingerprint density at radius 2 is 2.17 bits per heavy atom. The van der Waals surface area contributed by atoms with Crippen molar-refractivity contribution < 1.29 is 9.18 Å². The first kappa shape index (κ1) is 16.4. The number of nitrogens with one attached hydrogen (secondary N) is 1. The van der Waals surface area contributed by atoms with Gasteiger partial charge < -0.3 is 4.90 Å². The molecule has 1 N–H and O–H groups in total. The minimum atomic E-state index is -0.462. The van der Waals surface area contributed by atoms with Gasteiger partial charge in [0.2, 0.25) is 0 Å². The van der Waals surface area contributed by atoms with E-state index in [0.717, 1.165) is 24.8 Å². The highest BCUT2D eigenvalue weighted by Gasteiger charge is 2.30. The van der Waals surface area contributed by atoms with Crippen molar-refractivity contribution in [2.75, 3.05) is 28.7 Å². The Morgan fingerprint density at radius 1 is 1.38 bits per heavy atom. The lowest BCUT2D eigenvalue weighted by Gasteiger charge is -2.27. The molecule has 0 fully saturated rings. The number of urea groups is 1. The smallest absolute Gasteiger partial charge is 0.328 e. The molecular formula is C16H17ClFN5O. The van der Waals surface area contributed by atoms with Crippen molar-refractivity contribution in [2.45, 2.75) is 19.4 Å². The Kier molecular flexibility index (Phi) is 4.53. The molecule has 2 amide bonds. The first-order valence-corrected chi connectivity index (χ1v) is 7.93. The fourth-order valence-electron chi connectivity index (χ4n) is 2.65. The quantitative estimate of drug-likeness (QED) is 0.800. The van der Waals surface area contributed by atoms with Crippen molar-refractivity contribution in [3.05, 3.63) is 41.4 Å². The molecule has 0 radical (unpaired) electrons. The van der Waals surface area contributed by atoms with Gasteiger partial charge in [0.15, 0.2) is 5.82 Å². The second-order valence-corrected chi connectivity index (χ2v) is 6.09. The van der Waals surface area contributed by atoms with E-state index in [-0.39, 0.29) is 17.9 Å². The van der Waals surface area contributed by atoms with Gasteiger partial charge in [-0.25, -0.2) is 19.2 Å². The van der Waals surface area contributed by atoms with Gasteiger partial charge in [-0.1, -0.05) is 11.6 Å². The Bertz CT molecular complexity index is 755. The minimum absolute atomic E-state index is 0.0832. The number of hydrogen-bond acceptors (Lipinski definition) is 4. The molecule has 0 spiro atoms. The second-order valence-electron chi connectivity index (χ2n) is 5.70. The van der Waals surface area contributed by atoms with Crippen LogP contribution in [0.5, 0.6) is 0 Å². The maximum absolute atomic E-state index is 13.0. The third kappa shape index (κ3) is 3.26. The van der Waals surface area contributed by atoms with Crippen LogP contribution in [0.2, 0.25) is 5.15 Å². The SMILES string of the molecule is C[C@@H]1CCN(C)c2ccc(Cl)nc2N1C(=O)Nc1ccc(F)cn1. The molecule has 0 unspecified atom stereocenters. The molecular weight excluding hydrogens is 333 g/mol. The minimum Gasteiger partial charge on any atom is -0.372 e. The average molecular weight is 350 g/mol. The molecule has 3 heterocycles. The summed E-state index contributed by atoms with van der Waals surface area (Å²) in [5.41, 5.74) is 0.825. The number of nitrogens with zero attached hydrogens (tertiary/aromatic N) is 4. The van der Waals surface area contributed by atoms with Crippen LogP contribution in [0, 0.1) is 5.82 Å². The van der Waals surface area contributed by atoms with E-state index in [9.17, 15) is 9.18 Å². The van der Waals surface area contributed by atoms with Gasteiger partial charge in [0.1, 0.15) is 16.8 Å². The molecule has 2 aromatic heterocycles. The first-order chi connectivity index (χ1) is 11.5. The molecule has 24 heavy (non-hydrogen) atoms. The van der Waals surface area contributed by atoms with Crippen LogP contribution < -0.4 is 15.1 Å². The highest BCUT2D eigenvalue weighted by molar-refractivity contribution is 6.29. The summed E-state index contributed by atoms with van der Waals surface area (Å²) in [6.07, 6.45) is 1.83. The summed E-state index contributed by atoms with van der Waals surface area (Å²) in [6.45, 7) is 2.74. The van der Waals surface area contributed by atoms with E-state index in [1.54, 1.807) is 11.0 Å². The maximum atomic E-state index is 13.0. The van der Waals surface area contributed by atoms with Gasteiger partial charge in [-0.2, -0.15) is 0 Å². The molecule has 1 aliphatic rings. The van der Waals surface area contributed by atoms with Gasteiger partial charge in [-0.15, -0.1) is 0 Å². The molecule has 8 heteroatoms. The summed E-state index contributed by atoms with van der Waals surface area (Å²) >= 11 is 6.03. The summed E-state index contributed by atoms with van der Waals surface area (Å²) in [5.74, 6) is 0.306. The number of aromatic nitrogens is 2. The lowest BCUT2D eigenvalue weighted by Crippen LogP contribution is -2.42. The molecule has 0 saturated carbocycles. The number of carbonyl (C=O) groups excluding carboxylic acids is 1. The van der Waals surface area contributed by atoms with Gasteiger partial charge in [0, 0.05) is 19.6 Å². The molecule has 2 aromatic rings. The van der Waals surface area contributed by atoms with Crippen LogP contribution in [0.1, 0.15) is 13.3 Å². The van der Waals surface area contributed by atoms with E-state index in [2.05, 4.69) is 15.3 Å². The van der Waals surface area contributed by atoms with Crippen molar-refractivity contribution in [3.8, 4) is 0 Å². The highest BCUT2D eigenvalue weighted by Crippen LogP contribution is 2.33. The summed E-state index contributed by atoms with van der Waals surface area (Å²) < 4.78 is 13.0. The molecule has 3 rings (SSSR count). The van der Waals surface area contributed by atoms with Gasteiger partial charge >= 0.3 is 6.03 Å². The summed E-state index contributed by atoms with van der Waals surface area (Å²) in [5, 5.41) is 2.99. The zero-order chi connectivity index (χ0) is 17.3. The topological polar surface area (TPSA) is 61.4 Å². The third-order valence-corrected chi connectivity index (χ3v) is 4.17. The van der Waals surface area contributed by atoms with E-state index < -0.39 is 5.82 Å². The van der Waals surface area contributed by atoms with Crippen LogP contribution in [-0.2, 0) is 0 Å². The van der Waals surface area contributed by atoms with E-state index in [0.29, 0.717) is 11.0 Å².